The van der Waals surface area contributed by atoms with Gasteiger partial charge in [-0.3, -0.25) is 0 Å². The molecule has 0 bridgehead atoms. The molecule has 0 amide bonds. The number of benzene rings is 5. The van der Waals surface area contributed by atoms with Gasteiger partial charge < -0.3 is 9.57 Å². The average Bonchev–Trinajstić information content (AvgIpc) is 3.40. The van der Waals surface area contributed by atoms with Crippen LogP contribution >= 0.6 is 11.6 Å². The number of ether oxygens (including phenoxy) is 1. The summed E-state index contributed by atoms with van der Waals surface area (Å²) in [7, 11) is -0.126. The molecule has 0 aliphatic carbocycles. The van der Waals surface area contributed by atoms with E-state index in [9.17, 15) is 0 Å². The first kappa shape index (κ1) is 26.1. The molecular formula is C34H26ClNO3S. The van der Waals surface area contributed by atoms with Gasteiger partial charge >= 0.3 is 0 Å². The van der Waals surface area contributed by atoms with Crippen LogP contribution in [-0.2, 0) is 26.0 Å². The molecule has 4 nitrogen and oxygen atoms in total. The first-order valence-corrected chi connectivity index (χ1v) is 14.4. The fraction of sp³-hybridized carbons (Fsp3) is 0.0882. The van der Waals surface area contributed by atoms with Gasteiger partial charge in [-0.1, -0.05) is 120 Å². The lowest BCUT2D eigenvalue weighted by Crippen LogP contribution is -2.55. The average molecular weight is 564 g/mol. The van der Waals surface area contributed by atoms with E-state index in [1.807, 2.05) is 140 Å². The van der Waals surface area contributed by atoms with E-state index in [-0.39, 0.29) is 0 Å². The summed E-state index contributed by atoms with van der Waals surface area (Å²) < 4.78 is 20.7. The molecule has 0 spiro atoms. The molecule has 5 aromatic carbocycles. The van der Waals surface area contributed by atoms with Crippen LogP contribution in [0, 0.1) is 0 Å². The molecule has 0 radical (unpaired) electrons. The highest BCUT2D eigenvalue weighted by Crippen LogP contribution is 2.58. The van der Waals surface area contributed by atoms with E-state index in [0.29, 0.717) is 26.9 Å². The Morgan fingerprint density at radius 2 is 1.20 bits per heavy atom. The highest BCUT2D eigenvalue weighted by atomic mass is 35.5. The topological polar surface area (TPSA) is 47.9 Å². The lowest BCUT2D eigenvalue weighted by molar-refractivity contribution is 0.0214. The molecule has 1 aliphatic heterocycles. The molecule has 0 saturated heterocycles. The lowest BCUT2D eigenvalue weighted by Gasteiger charge is -2.44. The molecule has 0 N–H and O–H groups in total. The van der Waals surface area contributed by atoms with E-state index in [1.54, 1.807) is 7.11 Å². The zero-order valence-corrected chi connectivity index (χ0v) is 23.3. The Balaban J connectivity index is 1.77. The monoisotopic (exact) mass is 563 g/mol. The minimum Gasteiger partial charge on any atom is -0.497 e. The second-order valence-corrected chi connectivity index (χ2v) is 11.5. The van der Waals surface area contributed by atoms with Crippen molar-refractivity contribution in [3.8, 4) is 5.75 Å². The van der Waals surface area contributed by atoms with Crippen molar-refractivity contribution in [2.24, 2.45) is 5.16 Å². The van der Waals surface area contributed by atoms with Gasteiger partial charge in [0.2, 0.25) is 0 Å². The van der Waals surface area contributed by atoms with E-state index < -0.39 is 21.1 Å². The van der Waals surface area contributed by atoms with Crippen LogP contribution in [0.1, 0.15) is 22.3 Å². The van der Waals surface area contributed by atoms with Gasteiger partial charge in [-0.05, 0) is 47.5 Å². The van der Waals surface area contributed by atoms with Crippen LogP contribution in [0.25, 0.3) is 0 Å². The summed E-state index contributed by atoms with van der Waals surface area (Å²) in [5.41, 5.74) is 2.83. The quantitative estimate of drug-likeness (QED) is 0.203. The van der Waals surface area contributed by atoms with Gasteiger partial charge in [-0.25, -0.2) is 4.21 Å². The Kier molecular flexibility index (Phi) is 7.01. The van der Waals surface area contributed by atoms with Gasteiger partial charge in [0.15, 0.2) is 0 Å². The summed E-state index contributed by atoms with van der Waals surface area (Å²) in [6.07, 6.45) is 0. The second-order valence-electron chi connectivity index (χ2n) is 9.45. The summed E-state index contributed by atoms with van der Waals surface area (Å²) in [4.78, 5) is 5.79. The van der Waals surface area contributed by atoms with E-state index in [2.05, 4.69) is 0 Å². The first-order valence-electron chi connectivity index (χ1n) is 12.9. The summed E-state index contributed by atoms with van der Waals surface area (Å²) in [6.45, 7) is 0. The van der Waals surface area contributed by atoms with Crippen LogP contribution < -0.4 is 4.74 Å². The van der Waals surface area contributed by atoms with Crippen molar-refractivity contribution in [2.45, 2.75) is 15.2 Å². The molecule has 6 rings (SSSR count). The minimum absolute atomic E-state index is 0.613. The smallest absolute Gasteiger partial charge is 0.259 e. The molecule has 1 heterocycles. The molecule has 1 aliphatic rings. The summed E-state index contributed by atoms with van der Waals surface area (Å²) >= 11 is 6.30. The Morgan fingerprint density at radius 3 is 1.73 bits per heavy atom. The number of hydrogen-bond acceptors (Lipinski definition) is 4. The molecular weight excluding hydrogens is 538 g/mol. The fourth-order valence-electron chi connectivity index (χ4n) is 5.55. The van der Waals surface area contributed by atoms with Crippen LogP contribution in [0.2, 0.25) is 5.02 Å². The van der Waals surface area contributed by atoms with Crippen LogP contribution in [0.4, 0.5) is 0 Å². The standard InChI is InChI=1S/C34H26ClNO3S/c1-38-30-23-19-28(20-24-30)34(40(37)31-15-9-4-10-16-31)33(26-11-5-2-6-12-26,27-13-7-3-8-14-27)32(36-39-34)25-17-21-29(35)22-18-25/h2-24H,1H3. The third-order valence-corrected chi connectivity index (χ3v) is 9.42. The van der Waals surface area contributed by atoms with Gasteiger partial charge in [0, 0.05) is 21.0 Å². The summed E-state index contributed by atoms with van der Waals surface area (Å²) in [5, 5.41) is 5.42. The largest absolute Gasteiger partial charge is 0.497 e. The fourth-order valence-corrected chi connectivity index (χ4v) is 7.47. The molecule has 2 atom stereocenters. The third kappa shape index (κ3) is 4.05. The number of nitrogens with zero attached hydrogens (tertiary/aromatic N) is 1. The van der Waals surface area contributed by atoms with E-state index in [1.165, 1.54) is 0 Å². The van der Waals surface area contributed by atoms with Crippen LogP contribution in [0.5, 0.6) is 5.75 Å². The Bertz CT molecular complexity index is 1620. The maximum atomic E-state index is 15.2. The second kappa shape index (κ2) is 10.8. The Labute approximate surface area is 241 Å². The zero-order chi connectivity index (χ0) is 27.6. The summed E-state index contributed by atoms with van der Waals surface area (Å²) in [6, 6.07) is 44.6. The first-order chi connectivity index (χ1) is 19.6. The number of halogens is 1. The Morgan fingerprint density at radius 1 is 0.675 bits per heavy atom. The lowest BCUT2D eigenvalue weighted by atomic mass is 9.64. The van der Waals surface area contributed by atoms with Crippen LogP contribution in [0.3, 0.4) is 0 Å². The van der Waals surface area contributed by atoms with Crippen molar-refractivity contribution in [3.05, 3.63) is 167 Å². The molecule has 5 aromatic rings. The molecule has 2 unspecified atom stereocenters. The molecule has 0 fully saturated rings. The normalized spacial score (nSPS) is 18.4. The minimum atomic E-state index is -1.75. The van der Waals surface area contributed by atoms with Crippen LogP contribution in [0.15, 0.2) is 150 Å². The highest BCUT2D eigenvalue weighted by Gasteiger charge is 2.68. The van der Waals surface area contributed by atoms with Crippen molar-refractivity contribution >= 4 is 28.1 Å². The van der Waals surface area contributed by atoms with Gasteiger partial charge in [0.1, 0.15) is 27.7 Å². The van der Waals surface area contributed by atoms with Crippen molar-refractivity contribution in [1.82, 2.24) is 0 Å². The SMILES string of the molecule is COc1ccc(C2(S(=O)c3ccccc3)ON=C(c3ccc(Cl)cc3)C2(c2ccccc2)c2ccccc2)cc1. The Hall–Kier alpha value is -4.19. The van der Waals surface area contributed by atoms with Gasteiger partial charge in [-0.2, -0.15) is 0 Å². The number of hydrogen-bond donors (Lipinski definition) is 0. The van der Waals surface area contributed by atoms with E-state index in [0.717, 1.165) is 16.7 Å². The highest BCUT2D eigenvalue weighted by molar-refractivity contribution is 7.86. The van der Waals surface area contributed by atoms with Crippen molar-refractivity contribution in [1.29, 1.82) is 0 Å². The maximum absolute atomic E-state index is 15.2. The van der Waals surface area contributed by atoms with Crippen molar-refractivity contribution in [2.75, 3.05) is 7.11 Å². The maximum Gasteiger partial charge on any atom is 0.259 e. The van der Waals surface area contributed by atoms with Gasteiger partial charge in [0.25, 0.3) is 4.93 Å². The van der Waals surface area contributed by atoms with Gasteiger partial charge in [0.05, 0.1) is 7.11 Å². The van der Waals surface area contributed by atoms with Crippen LogP contribution in [-0.4, -0.2) is 17.0 Å². The van der Waals surface area contributed by atoms with E-state index >= 15 is 4.21 Å². The van der Waals surface area contributed by atoms with E-state index in [4.69, 9.17) is 26.3 Å². The molecule has 6 heteroatoms. The van der Waals surface area contributed by atoms with Crippen molar-refractivity contribution in [3.63, 3.8) is 0 Å². The molecule has 198 valence electrons. The summed E-state index contributed by atoms with van der Waals surface area (Å²) in [5.74, 6) is 0.686. The predicted octanol–water partition coefficient (Wildman–Crippen LogP) is 7.73. The number of rotatable bonds is 7. The molecule has 0 aromatic heterocycles. The third-order valence-electron chi connectivity index (χ3n) is 7.33. The molecule has 40 heavy (non-hydrogen) atoms. The number of oxime groups is 1. The predicted molar refractivity (Wildman–Crippen MR) is 160 cm³/mol. The number of methoxy groups -OCH3 is 1. The van der Waals surface area contributed by atoms with Crippen molar-refractivity contribution < 1.29 is 13.8 Å². The zero-order valence-electron chi connectivity index (χ0n) is 21.7. The van der Waals surface area contributed by atoms with Gasteiger partial charge in [-0.15, -0.1) is 0 Å². The molecule has 0 saturated carbocycles.